The smallest absolute Gasteiger partial charge is 0.270 e. The molecular formula is C16H19ClN2O. The second kappa shape index (κ2) is 6.23. The molecule has 0 aliphatic rings. The van der Waals surface area contributed by atoms with Crippen LogP contribution < -0.4 is 5.32 Å². The number of pyridine rings is 1. The first-order valence-corrected chi connectivity index (χ1v) is 7.27. The fourth-order valence-corrected chi connectivity index (χ4v) is 2.52. The average Bonchev–Trinajstić information content (AvgIpc) is 2.44. The van der Waals surface area contributed by atoms with Crippen LogP contribution in [0, 0.1) is 5.92 Å². The molecule has 1 heterocycles. The van der Waals surface area contributed by atoms with Crippen LogP contribution in [0.4, 0.5) is 0 Å². The maximum atomic E-state index is 12.3. The van der Waals surface area contributed by atoms with E-state index in [-0.39, 0.29) is 11.9 Å². The molecule has 1 atom stereocenters. The number of carbonyl (C=O) groups is 1. The lowest BCUT2D eigenvalue weighted by Crippen LogP contribution is -2.38. The monoisotopic (exact) mass is 290 g/mol. The van der Waals surface area contributed by atoms with E-state index in [9.17, 15) is 4.79 Å². The maximum absolute atomic E-state index is 12.3. The highest BCUT2D eigenvalue weighted by molar-refractivity contribution is 6.34. The normalized spacial score (nSPS) is 12.7. The summed E-state index contributed by atoms with van der Waals surface area (Å²) in [7, 11) is 0. The lowest BCUT2D eigenvalue weighted by molar-refractivity contribution is 0.0919. The van der Waals surface area contributed by atoms with E-state index in [1.54, 1.807) is 6.07 Å². The van der Waals surface area contributed by atoms with Crippen molar-refractivity contribution in [1.29, 1.82) is 0 Å². The third kappa shape index (κ3) is 3.10. The Bertz CT molecular complexity index is 625. The number of nitrogens with one attached hydrogen (secondary N) is 1. The molecule has 3 nitrogen and oxygen atoms in total. The molecule has 0 spiro atoms. The summed E-state index contributed by atoms with van der Waals surface area (Å²) in [6, 6.07) is 9.58. The third-order valence-corrected chi connectivity index (χ3v) is 3.78. The van der Waals surface area contributed by atoms with E-state index in [2.05, 4.69) is 31.1 Å². The molecular weight excluding hydrogens is 272 g/mol. The summed E-state index contributed by atoms with van der Waals surface area (Å²) < 4.78 is 0. The molecule has 106 valence electrons. The van der Waals surface area contributed by atoms with E-state index in [0.717, 1.165) is 17.2 Å². The first kappa shape index (κ1) is 14.8. The number of hydrogen-bond acceptors (Lipinski definition) is 2. The summed E-state index contributed by atoms with van der Waals surface area (Å²) >= 11 is 6.15. The number of nitrogens with zero attached hydrogens (tertiary/aromatic N) is 1. The van der Waals surface area contributed by atoms with Gasteiger partial charge in [0.05, 0.1) is 0 Å². The Morgan fingerprint density at radius 3 is 2.70 bits per heavy atom. The predicted octanol–water partition coefficient (Wildman–Crippen LogP) is 4.05. The Kier molecular flexibility index (Phi) is 4.61. The summed E-state index contributed by atoms with van der Waals surface area (Å²) in [6.45, 7) is 6.25. The van der Waals surface area contributed by atoms with Crippen molar-refractivity contribution >= 4 is 28.3 Å². The molecule has 0 aliphatic heterocycles. The van der Waals surface area contributed by atoms with Gasteiger partial charge < -0.3 is 5.32 Å². The Hall–Kier alpha value is -1.61. The van der Waals surface area contributed by atoms with Gasteiger partial charge in [-0.05, 0) is 23.8 Å². The highest BCUT2D eigenvalue weighted by Crippen LogP contribution is 2.22. The van der Waals surface area contributed by atoms with Gasteiger partial charge in [-0.1, -0.05) is 56.6 Å². The van der Waals surface area contributed by atoms with Crippen molar-refractivity contribution in [2.75, 3.05) is 0 Å². The fraction of sp³-hybridized carbons (Fsp3) is 0.375. The molecule has 4 heteroatoms. The molecule has 0 bridgehead atoms. The van der Waals surface area contributed by atoms with Gasteiger partial charge in [-0.15, -0.1) is 0 Å². The number of hydrogen-bond donors (Lipinski definition) is 1. The highest BCUT2D eigenvalue weighted by Gasteiger charge is 2.17. The molecule has 1 aromatic heterocycles. The van der Waals surface area contributed by atoms with Gasteiger partial charge in [-0.3, -0.25) is 4.79 Å². The standard InChI is InChI=1S/C16H19ClN2O/c1-4-13(10(2)3)19-16(20)14-9-11-7-5-6-8-12(11)15(17)18-14/h5-10,13H,4H2,1-3H3,(H,19,20). The molecule has 0 fully saturated rings. The molecule has 1 aromatic carbocycles. The zero-order valence-corrected chi connectivity index (χ0v) is 12.7. The summed E-state index contributed by atoms with van der Waals surface area (Å²) in [5, 5.41) is 5.17. The van der Waals surface area contributed by atoms with Crippen LogP contribution >= 0.6 is 11.6 Å². The molecule has 2 rings (SSSR count). The van der Waals surface area contributed by atoms with Crippen molar-refractivity contribution in [1.82, 2.24) is 10.3 Å². The fourth-order valence-electron chi connectivity index (χ4n) is 2.26. The molecule has 1 amide bonds. The van der Waals surface area contributed by atoms with Crippen molar-refractivity contribution in [3.05, 3.63) is 41.2 Å². The van der Waals surface area contributed by atoms with Crippen molar-refractivity contribution < 1.29 is 4.79 Å². The Morgan fingerprint density at radius 2 is 2.05 bits per heavy atom. The number of amides is 1. The molecule has 0 saturated heterocycles. The lowest BCUT2D eigenvalue weighted by Gasteiger charge is -2.20. The number of rotatable bonds is 4. The van der Waals surface area contributed by atoms with Crippen molar-refractivity contribution in [3.63, 3.8) is 0 Å². The highest BCUT2D eigenvalue weighted by atomic mass is 35.5. The van der Waals surface area contributed by atoms with Crippen LogP contribution in [0.1, 0.15) is 37.7 Å². The van der Waals surface area contributed by atoms with Crippen LogP contribution in [0.25, 0.3) is 10.8 Å². The molecule has 1 unspecified atom stereocenters. The van der Waals surface area contributed by atoms with E-state index in [4.69, 9.17) is 11.6 Å². The van der Waals surface area contributed by atoms with Crippen LogP contribution in [0.15, 0.2) is 30.3 Å². The maximum Gasteiger partial charge on any atom is 0.270 e. The average molecular weight is 291 g/mol. The second-order valence-corrected chi connectivity index (χ2v) is 5.61. The summed E-state index contributed by atoms with van der Waals surface area (Å²) in [4.78, 5) is 16.5. The van der Waals surface area contributed by atoms with Gasteiger partial charge in [-0.2, -0.15) is 0 Å². The largest absolute Gasteiger partial charge is 0.348 e. The number of carbonyl (C=O) groups excluding carboxylic acids is 1. The number of halogens is 1. The minimum Gasteiger partial charge on any atom is -0.348 e. The van der Waals surface area contributed by atoms with E-state index in [0.29, 0.717) is 16.8 Å². The first-order chi connectivity index (χ1) is 9.52. The molecule has 2 aromatic rings. The summed E-state index contributed by atoms with van der Waals surface area (Å²) in [6.07, 6.45) is 0.894. The van der Waals surface area contributed by atoms with E-state index >= 15 is 0 Å². The Labute approximate surface area is 124 Å². The quantitative estimate of drug-likeness (QED) is 0.863. The second-order valence-electron chi connectivity index (χ2n) is 5.25. The van der Waals surface area contributed by atoms with Crippen LogP contribution in [0.5, 0.6) is 0 Å². The number of benzene rings is 1. The van der Waals surface area contributed by atoms with Gasteiger partial charge >= 0.3 is 0 Å². The van der Waals surface area contributed by atoms with Gasteiger partial charge in [0.25, 0.3) is 5.91 Å². The predicted molar refractivity (Wildman–Crippen MR) is 83.1 cm³/mol. The zero-order chi connectivity index (χ0) is 14.7. The Balaban J connectivity index is 2.31. The Morgan fingerprint density at radius 1 is 1.35 bits per heavy atom. The van der Waals surface area contributed by atoms with Crippen LogP contribution in [0.2, 0.25) is 5.15 Å². The summed E-state index contributed by atoms with van der Waals surface area (Å²) in [5.41, 5.74) is 0.368. The van der Waals surface area contributed by atoms with Crippen molar-refractivity contribution in [2.24, 2.45) is 5.92 Å². The van der Waals surface area contributed by atoms with Gasteiger partial charge in [0.15, 0.2) is 0 Å². The molecule has 20 heavy (non-hydrogen) atoms. The van der Waals surface area contributed by atoms with E-state index in [1.165, 1.54) is 0 Å². The number of fused-ring (bicyclic) bond motifs is 1. The van der Waals surface area contributed by atoms with Crippen molar-refractivity contribution in [2.45, 2.75) is 33.2 Å². The van der Waals surface area contributed by atoms with E-state index in [1.807, 2.05) is 24.3 Å². The van der Waals surface area contributed by atoms with Crippen LogP contribution in [-0.2, 0) is 0 Å². The SMILES string of the molecule is CCC(NC(=O)c1cc2ccccc2c(Cl)n1)C(C)C. The third-order valence-electron chi connectivity index (χ3n) is 3.49. The lowest BCUT2D eigenvalue weighted by atomic mass is 10.0. The van der Waals surface area contributed by atoms with Gasteiger partial charge in [0, 0.05) is 11.4 Å². The minimum atomic E-state index is -0.168. The molecule has 1 N–H and O–H groups in total. The van der Waals surface area contributed by atoms with Crippen LogP contribution in [-0.4, -0.2) is 16.9 Å². The van der Waals surface area contributed by atoms with Crippen LogP contribution in [0.3, 0.4) is 0 Å². The number of aromatic nitrogens is 1. The topological polar surface area (TPSA) is 42.0 Å². The molecule has 0 radical (unpaired) electrons. The van der Waals surface area contributed by atoms with E-state index < -0.39 is 0 Å². The van der Waals surface area contributed by atoms with Crippen molar-refractivity contribution in [3.8, 4) is 0 Å². The molecule has 0 saturated carbocycles. The minimum absolute atomic E-state index is 0.148. The van der Waals surface area contributed by atoms with Gasteiger partial charge in [0.1, 0.15) is 10.8 Å². The van der Waals surface area contributed by atoms with Gasteiger partial charge in [0.2, 0.25) is 0 Å². The first-order valence-electron chi connectivity index (χ1n) is 6.89. The molecule has 0 aliphatic carbocycles. The summed E-state index contributed by atoms with van der Waals surface area (Å²) in [5.74, 6) is 0.220. The van der Waals surface area contributed by atoms with Gasteiger partial charge in [-0.25, -0.2) is 4.98 Å². The zero-order valence-electron chi connectivity index (χ0n) is 12.0.